The SMILES string of the molecule is C1CCCCCC1.C=C(Nc1c(C)cc(F)cc1F)N(C)Cc1c[nH]c2ccccc12. The third-order valence-electron chi connectivity index (χ3n) is 5.81. The number of nitrogens with one attached hydrogen (secondary N) is 2. The van der Waals surface area contributed by atoms with Gasteiger partial charge in [0, 0.05) is 36.8 Å². The van der Waals surface area contributed by atoms with E-state index in [1.54, 1.807) is 6.92 Å². The molecule has 3 nitrogen and oxygen atoms in total. The van der Waals surface area contributed by atoms with Crippen LogP contribution in [0.5, 0.6) is 0 Å². The highest BCUT2D eigenvalue weighted by Crippen LogP contribution is 2.24. The molecule has 166 valence electrons. The van der Waals surface area contributed by atoms with E-state index in [1.165, 1.54) is 51.0 Å². The number of rotatable bonds is 5. The lowest BCUT2D eigenvalue weighted by Gasteiger charge is -2.23. The molecule has 1 aliphatic carbocycles. The standard InChI is InChI=1S/C19H19F2N3.C7H14/c1-12-8-15(20)9-17(21)19(12)23-13(2)24(3)11-14-10-22-18-7-5-4-6-16(14)18;1-2-4-6-7-5-3-1/h4-10,22-23H,2,11H2,1,3H3;1-7H2. The number of benzene rings is 2. The highest BCUT2D eigenvalue weighted by atomic mass is 19.1. The zero-order chi connectivity index (χ0) is 22.2. The lowest BCUT2D eigenvalue weighted by Crippen LogP contribution is -2.22. The van der Waals surface area contributed by atoms with Crippen LogP contribution in [-0.4, -0.2) is 16.9 Å². The fourth-order valence-corrected chi connectivity index (χ4v) is 3.95. The minimum Gasteiger partial charge on any atom is -0.361 e. The monoisotopic (exact) mass is 425 g/mol. The summed E-state index contributed by atoms with van der Waals surface area (Å²) in [5.74, 6) is -0.684. The number of aryl methyl sites for hydroxylation is 1. The number of anilines is 1. The van der Waals surface area contributed by atoms with Gasteiger partial charge in [0.1, 0.15) is 11.6 Å². The molecule has 4 rings (SSSR count). The number of halogens is 2. The van der Waals surface area contributed by atoms with Crippen LogP contribution in [0.2, 0.25) is 0 Å². The quantitative estimate of drug-likeness (QED) is 0.415. The summed E-state index contributed by atoms with van der Waals surface area (Å²) >= 11 is 0. The van der Waals surface area contributed by atoms with Crippen LogP contribution in [0.4, 0.5) is 14.5 Å². The van der Waals surface area contributed by atoms with Gasteiger partial charge in [0.25, 0.3) is 0 Å². The van der Waals surface area contributed by atoms with Crippen molar-refractivity contribution >= 4 is 16.6 Å². The zero-order valence-corrected chi connectivity index (χ0v) is 18.6. The maximum absolute atomic E-state index is 14.0. The Balaban J connectivity index is 0.000000330. The molecule has 0 radical (unpaired) electrons. The molecular formula is C26H33F2N3. The first-order valence-corrected chi connectivity index (χ1v) is 11.1. The number of nitrogens with zero attached hydrogens (tertiary/aromatic N) is 1. The van der Waals surface area contributed by atoms with Crippen molar-refractivity contribution in [3.63, 3.8) is 0 Å². The van der Waals surface area contributed by atoms with Gasteiger partial charge in [0.15, 0.2) is 0 Å². The molecule has 31 heavy (non-hydrogen) atoms. The Morgan fingerprint density at radius 3 is 2.26 bits per heavy atom. The Hall–Kier alpha value is -2.82. The first-order chi connectivity index (χ1) is 15.0. The highest BCUT2D eigenvalue weighted by Gasteiger charge is 2.12. The van der Waals surface area contributed by atoms with Gasteiger partial charge in [0.05, 0.1) is 11.5 Å². The van der Waals surface area contributed by atoms with Crippen LogP contribution in [0.1, 0.15) is 56.1 Å². The number of hydrogen-bond donors (Lipinski definition) is 2. The molecule has 1 saturated carbocycles. The lowest BCUT2D eigenvalue weighted by molar-refractivity contribution is 0.418. The number of para-hydroxylation sites is 1. The van der Waals surface area contributed by atoms with E-state index < -0.39 is 11.6 Å². The van der Waals surface area contributed by atoms with Gasteiger partial charge in [0.2, 0.25) is 0 Å². The Kier molecular flexibility index (Phi) is 8.10. The van der Waals surface area contributed by atoms with Crippen LogP contribution in [0.25, 0.3) is 10.9 Å². The minimum atomic E-state index is -0.630. The molecule has 1 fully saturated rings. The first-order valence-electron chi connectivity index (χ1n) is 11.1. The molecule has 0 bridgehead atoms. The van der Waals surface area contributed by atoms with Crippen LogP contribution in [-0.2, 0) is 6.54 Å². The van der Waals surface area contributed by atoms with Gasteiger partial charge in [-0.2, -0.15) is 0 Å². The molecule has 1 heterocycles. The van der Waals surface area contributed by atoms with Crippen LogP contribution in [0, 0.1) is 18.6 Å². The van der Waals surface area contributed by atoms with E-state index >= 15 is 0 Å². The van der Waals surface area contributed by atoms with E-state index in [1.807, 2.05) is 36.3 Å². The summed E-state index contributed by atoms with van der Waals surface area (Å²) in [5, 5.41) is 4.09. The maximum Gasteiger partial charge on any atom is 0.149 e. The molecule has 0 spiro atoms. The van der Waals surface area contributed by atoms with E-state index in [4.69, 9.17) is 0 Å². The Labute approximate surface area is 184 Å². The van der Waals surface area contributed by atoms with E-state index in [-0.39, 0.29) is 5.69 Å². The number of hydrogen-bond acceptors (Lipinski definition) is 2. The summed E-state index contributed by atoms with van der Waals surface area (Å²) in [6, 6.07) is 10.2. The predicted molar refractivity (Wildman–Crippen MR) is 126 cm³/mol. The topological polar surface area (TPSA) is 31.1 Å². The van der Waals surface area contributed by atoms with Gasteiger partial charge in [-0.15, -0.1) is 0 Å². The van der Waals surface area contributed by atoms with E-state index in [9.17, 15) is 8.78 Å². The average molecular weight is 426 g/mol. The van der Waals surface area contributed by atoms with Gasteiger partial charge >= 0.3 is 0 Å². The van der Waals surface area contributed by atoms with Crippen molar-refractivity contribution in [1.29, 1.82) is 0 Å². The molecule has 0 amide bonds. The van der Waals surface area contributed by atoms with Gasteiger partial charge in [-0.25, -0.2) is 8.78 Å². The van der Waals surface area contributed by atoms with Gasteiger partial charge < -0.3 is 15.2 Å². The van der Waals surface area contributed by atoms with Crippen LogP contribution in [0.3, 0.4) is 0 Å². The smallest absolute Gasteiger partial charge is 0.149 e. The van der Waals surface area contributed by atoms with Crippen molar-refractivity contribution in [2.75, 3.05) is 12.4 Å². The van der Waals surface area contributed by atoms with Crippen molar-refractivity contribution in [2.24, 2.45) is 0 Å². The zero-order valence-electron chi connectivity index (χ0n) is 18.6. The maximum atomic E-state index is 14.0. The summed E-state index contributed by atoms with van der Waals surface area (Å²) in [6.07, 6.45) is 12.5. The predicted octanol–water partition coefficient (Wildman–Crippen LogP) is 7.50. The van der Waals surface area contributed by atoms with E-state index in [0.717, 1.165) is 22.5 Å². The number of fused-ring (bicyclic) bond motifs is 1. The van der Waals surface area contributed by atoms with Crippen molar-refractivity contribution in [3.05, 3.63) is 77.8 Å². The lowest BCUT2D eigenvalue weighted by atomic mass is 10.1. The fourth-order valence-electron chi connectivity index (χ4n) is 3.95. The largest absolute Gasteiger partial charge is 0.361 e. The third-order valence-corrected chi connectivity index (χ3v) is 5.81. The van der Waals surface area contributed by atoms with E-state index in [2.05, 4.69) is 22.9 Å². The van der Waals surface area contributed by atoms with Gasteiger partial charge in [-0.1, -0.05) is 69.7 Å². The molecule has 0 atom stereocenters. The van der Waals surface area contributed by atoms with Crippen molar-refractivity contribution in [2.45, 2.75) is 58.4 Å². The summed E-state index contributed by atoms with van der Waals surface area (Å²) < 4.78 is 27.2. The Bertz CT molecular complexity index is 966. The van der Waals surface area contributed by atoms with Gasteiger partial charge in [-0.05, 0) is 30.2 Å². The molecule has 5 heteroatoms. The summed E-state index contributed by atoms with van der Waals surface area (Å²) in [5.41, 5.74) is 2.92. The average Bonchev–Trinajstić information content (AvgIpc) is 2.93. The summed E-state index contributed by atoms with van der Waals surface area (Å²) in [6.45, 7) is 6.22. The van der Waals surface area contributed by atoms with Crippen molar-refractivity contribution in [1.82, 2.24) is 9.88 Å². The van der Waals surface area contributed by atoms with Crippen LogP contribution in [0.15, 0.2) is 55.0 Å². The van der Waals surface area contributed by atoms with Crippen molar-refractivity contribution < 1.29 is 8.78 Å². The molecule has 1 aliphatic rings. The number of H-pyrrole nitrogens is 1. The second-order valence-corrected chi connectivity index (χ2v) is 8.34. The second-order valence-electron chi connectivity index (χ2n) is 8.34. The number of aromatic nitrogens is 1. The molecule has 3 aromatic rings. The molecule has 2 aromatic carbocycles. The fraction of sp³-hybridized carbons (Fsp3) is 0.385. The minimum absolute atomic E-state index is 0.243. The molecule has 2 N–H and O–H groups in total. The molecule has 1 aromatic heterocycles. The van der Waals surface area contributed by atoms with Crippen molar-refractivity contribution in [3.8, 4) is 0 Å². The third kappa shape index (κ3) is 6.33. The molecular weight excluding hydrogens is 392 g/mol. The highest BCUT2D eigenvalue weighted by molar-refractivity contribution is 5.83. The normalized spacial score (nSPS) is 13.8. The van der Waals surface area contributed by atoms with Crippen LogP contribution < -0.4 is 5.32 Å². The molecule has 0 unspecified atom stereocenters. The second kappa shape index (κ2) is 11.0. The first kappa shape index (κ1) is 22.9. The summed E-state index contributed by atoms with van der Waals surface area (Å²) in [4.78, 5) is 5.11. The molecule has 0 saturated heterocycles. The Morgan fingerprint density at radius 1 is 1.03 bits per heavy atom. The Morgan fingerprint density at radius 2 is 1.65 bits per heavy atom. The van der Waals surface area contributed by atoms with E-state index in [0.29, 0.717) is 17.9 Å². The van der Waals surface area contributed by atoms with Crippen LogP contribution >= 0.6 is 0 Å². The number of aromatic amines is 1. The summed E-state index contributed by atoms with van der Waals surface area (Å²) in [7, 11) is 1.87. The van der Waals surface area contributed by atoms with Gasteiger partial charge in [-0.3, -0.25) is 0 Å². The molecule has 0 aliphatic heterocycles.